The molecule has 0 bridgehead atoms. The van der Waals surface area contributed by atoms with E-state index < -0.39 is 11.7 Å². The third-order valence-electron chi connectivity index (χ3n) is 5.35. The van der Waals surface area contributed by atoms with Crippen LogP contribution in [0.25, 0.3) is 11.4 Å². The summed E-state index contributed by atoms with van der Waals surface area (Å²) < 4.78 is 49.6. The summed E-state index contributed by atoms with van der Waals surface area (Å²) in [5, 5.41) is 3.82. The maximum Gasteiger partial charge on any atom is 0.416 e. The number of carbonyl (C=O) groups excluding carboxylic acids is 1. The number of alkyl halides is 3. The minimum atomic E-state index is -4.44. The standard InChI is InChI=1S/C23H23F3N4O3/c1-16-4-2-7-19(12-16)32-15-21(31)30-10-8-29(9-11-30)14-20-27-22(28-33-20)17-5-3-6-18(13-17)23(24,25)26/h2-7,12-13H,8-11,14-15H2,1H3. The molecule has 0 saturated carbocycles. The van der Waals surface area contributed by atoms with Crippen LogP contribution in [0.1, 0.15) is 17.0 Å². The highest BCUT2D eigenvalue weighted by Gasteiger charge is 2.31. The Kier molecular flexibility index (Phi) is 6.64. The van der Waals surface area contributed by atoms with E-state index in [0.29, 0.717) is 44.4 Å². The van der Waals surface area contributed by atoms with E-state index in [9.17, 15) is 18.0 Å². The fourth-order valence-corrected chi connectivity index (χ4v) is 3.56. The van der Waals surface area contributed by atoms with Crippen LogP contribution in [0, 0.1) is 6.92 Å². The minimum Gasteiger partial charge on any atom is -0.484 e. The number of aromatic nitrogens is 2. The number of ether oxygens (including phenoxy) is 1. The largest absolute Gasteiger partial charge is 0.484 e. The number of rotatable bonds is 6. The van der Waals surface area contributed by atoms with Gasteiger partial charge in [0.15, 0.2) is 6.61 Å². The zero-order chi connectivity index (χ0) is 23.4. The van der Waals surface area contributed by atoms with Gasteiger partial charge in [-0.2, -0.15) is 18.2 Å². The van der Waals surface area contributed by atoms with Crippen LogP contribution in [0.4, 0.5) is 13.2 Å². The van der Waals surface area contributed by atoms with Crippen molar-refractivity contribution >= 4 is 5.91 Å². The fraction of sp³-hybridized carbons (Fsp3) is 0.348. The molecule has 0 spiro atoms. The number of hydrogen-bond acceptors (Lipinski definition) is 6. The van der Waals surface area contributed by atoms with Crippen molar-refractivity contribution in [2.75, 3.05) is 32.8 Å². The summed E-state index contributed by atoms with van der Waals surface area (Å²) in [6.07, 6.45) is -4.44. The maximum absolute atomic E-state index is 12.9. The van der Waals surface area contributed by atoms with Crippen molar-refractivity contribution in [2.45, 2.75) is 19.6 Å². The average Bonchev–Trinajstić information content (AvgIpc) is 3.26. The van der Waals surface area contributed by atoms with Crippen molar-refractivity contribution < 1.29 is 27.2 Å². The van der Waals surface area contributed by atoms with Crippen LogP contribution >= 0.6 is 0 Å². The number of benzene rings is 2. The van der Waals surface area contributed by atoms with Gasteiger partial charge in [-0.05, 0) is 36.8 Å². The number of amides is 1. The molecular formula is C23H23F3N4O3. The van der Waals surface area contributed by atoms with Crippen molar-refractivity contribution in [3.8, 4) is 17.1 Å². The van der Waals surface area contributed by atoms with Crippen molar-refractivity contribution in [2.24, 2.45) is 0 Å². The molecule has 3 aromatic rings. The van der Waals surface area contributed by atoms with Crippen LogP contribution in [-0.2, 0) is 17.5 Å². The van der Waals surface area contributed by atoms with E-state index in [1.165, 1.54) is 12.1 Å². The Morgan fingerprint density at radius 2 is 1.85 bits per heavy atom. The quantitative estimate of drug-likeness (QED) is 0.558. The van der Waals surface area contributed by atoms with E-state index >= 15 is 0 Å². The molecule has 174 valence electrons. The maximum atomic E-state index is 12.9. The summed E-state index contributed by atoms with van der Waals surface area (Å²) in [4.78, 5) is 20.5. The van der Waals surface area contributed by atoms with Crippen molar-refractivity contribution in [1.29, 1.82) is 0 Å². The van der Waals surface area contributed by atoms with Crippen LogP contribution in [0.3, 0.4) is 0 Å². The molecule has 1 aromatic heterocycles. The molecule has 0 unspecified atom stereocenters. The first-order chi connectivity index (χ1) is 15.8. The monoisotopic (exact) mass is 460 g/mol. The summed E-state index contributed by atoms with van der Waals surface area (Å²) >= 11 is 0. The summed E-state index contributed by atoms with van der Waals surface area (Å²) in [5.41, 5.74) is 0.535. The Morgan fingerprint density at radius 1 is 1.09 bits per heavy atom. The lowest BCUT2D eigenvalue weighted by molar-refractivity contribution is -0.137. The average molecular weight is 460 g/mol. The van der Waals surface area contributed by atoms with E-state index in [1.807, 2.05) is 31.2 Å². The summed E-state index contributed by atoms with van der Waals surface area (Å²) in [6.45, 7) is 4.57. The minimum absolute atomic E-state index is 0.0204. The van der Waals surface area contributed by atoms with Gasteiger partial charge in [-0.25, -0.2) is 0 Å². The van der Waals surface area contributed by atoms with Gasteiger partial charge in [0, 0.05) is 31.7 Å². The molecule has 0 aliphatic carbocycles. The number of hydrogen-bond donors (Lipinski definition) is 0. The third-order valence-corrected chi connectivity index (χ3v) is 5.35. The molecule has 1 amide bonds. The van der Waals surface area contributed by atoms with E-state index in [2.05, 4.69) is 15.0 Å². The molecule has 1 saturated heterocycles. The number of halogens is 3. The summed E-state index contributed by atoms with van der Waals surface area (Å²) in [7, 11) is 0. The predicted octanol–water partition coefficient (Wildman–Crippen LogP) is 3.79. The normalized spacial score (nSPS) is 15.0. The van der Waals surface area contributed by atoms with Crippen molar-refractivity contribution in [3.63, 3.8) is 0 Å². The lowest BCUT2D eigenvalue weighted by Crippen LogP contribution is -2.49. The van der Waals surface area contributed by atoms with Gasteiger partial charge in [0.1, 0.15) is 5.75 Å². The zero-order valence-corrected chi connectivity index (χ0v) is 18.0. The number of piperazine rings is 1. The van der Waals surface area contributed by atoms with Gasteiger partial charge in [-0.15, -0.1) is 0 Å². The molecular weight excluding hydrogens is 437 g/mol. The van der Waals surface area contributed by atoms with Crippen LogP contribution in [0.15, 0.2) is 53.1 Å². The molecule has 1 fully saturated rings. The molecule has 0 radical (unpaired) electrons. The van der Waals surface area contributed by atoms with Crippen molar-refractivity contribution in [3.05, 3.63) is 65.5 Å². The molecule has 10 heteroatoms. The van der Waals surface area contributed by atoms with E-state index in [0.717, 1.165) is 17.7 Å². The lowest BCUT2D eigenvalue weighted by atomic mass is 10.1. The Morgan fingerprint density at radius 3 is 2.58 bits per heavy atom. The Balaban J connectivity index is 1.27. The van der Waals surface area contributed by atoms with E-state index in [4.69, 9.17) is 9.26 Å². The van der Waals surface area contributed by atoms with E-state index in [1.54, 1.807) is 4.90 Å². The van der Waals surface area contributed by atoms with Crippen LogP contribution in [0.5, 0.6) is 5.75 Å². The van der Waals surface area contributed by atoms with Gasteiger partial charge >= 0.3 is 6.18 Å². The molecule has 7 nitrogen and oxygen atoms in total. The number of nitrogens with zero attached hydrogens (tertiary/aromatic N) is 4. The highest BCUT2D eigenvalue weighted by molar-refractivity contribution is 5.77. The smallest absolute Gasteiger partial charge is 0.416 e. The first-order valence-electron chi connectivity index (χ1n) is 10.5. The molecule has 33 heavy (non-hydrogen) atoms. The van der Waals surface area contributed by atoms with Gasteiger partial charge in [0.2, 0.25) is 11.7 Å². The molecule has 1 aliphatic heterocycles. The SMILES string of the molecule is Cc1cccc(OCC(=O)N2CCN(Cc3nc(-c4cccc(C(F)(F)F)c4)no3)CC2)c1. The summed E-state index contributed by atoms with van der Waals surface area (Å²) in [6, 6.07) is 12.3. The molecule has 0 atom stereocenters. The number of aryl methyl sites for hydroxylation is 1. The number of carbonyl (C=O) groups is 1. The van der Waals surface area contributed by atoms with Crippen LogP contribution in [0.2, 0.25) is 0 Å². The van der Waals surface area contributed by atoms with Gasteiger partial charge in [-0.1, -0.05) is 29.4 Å². The van der Waals surface area contributed by atoms with Crippen molar-refractivity contribution in [1.82, 2.24) is 19.9 Å². The van der Waals surface area contributed by atoms with E-state index in [-0.39, 0.29) is 23.9 Å². The molecule has 0 N–H and O–H groups in total. The second kappa shape index (κ2) is 9.62. The Labute approximate surface area is 188 Å². The van der Waals surface area contributed by atoms with Gasteiger partial charge in [0.25, 0.3) is 5.91 Å². The van der Waals surface area contributed by atoms with Gasteiger partial charge < -0.3 is 14.2 Å². The topological polar surface area (TPSA) is 71.7 Å². The molecule has 2 heterocycles. The van der Waals surface area contributed by atoms with Gasteiger partial charge in [-0.3, -0.25) is 9.69 Å². The van der Waals surface area contributed by atoms with Crippen LogP contribution in [-0.4, -0.2) is 58.6 Å². The highest BCUT2D eigenvalue weighted by Crippen LogP contribution is 2.31. The molecule has 1 aliphatic rings. The third kappa shape index (κ3) is 5.89. The molecule has 2 aromatic carbocycles. The predicted molar refractivity (Wildman–Crippen MR) is 113 cm³/mol. The highest BCUT2D eigenvalue weighted by atomic mass is 19.4. The summed E-state index contributed by atoms with van der Waals surface area (Å²) in [5.74, 6) is 0.999. The zero-order valence-electron chi connectivity index (χ0n) is 18.0. The van der Waals surface area contributed by atoms with Gasteiger partial charge in [0.05, 0.1) is 12.1 Å². The second-order valence-electron chi connectivity index (χ2n) is 7.85. The molecule has 4 rings (SSSR count). The Hall–Kier alpha value is -3.40. The first-order valence-corrected chi connectivity index (χ1v) is 10.5. The Bertz CT molecular complexity index is 1110. The second-order valence-corrected chi connectivity index (χ2v) is 7.85. The lowest BCUT2D eigenvalue weighted by Gasteiger charge is -2.33. The van der Waals surface area contributed by atoms with Crippen LogP contribution < -0.4 is 4.74 Å². The first kappa shape index (κ1) is 22.8. The fourth-order valence-electron chi connectivity index (χ4n) is 3.56.